The molecule has 1 aliphatic rings. The van der Waals surface area contributed by atoms with Crippen LogP contribution in [0.2, 0.25) is 0 Å². The van der Waals surface area contributed by atoms with Gasteiger partial charge in [-0.15, -0.1) is 0 Å². The van der Waals surface area contributed by atoms with Gasteiger partial charge in [-0.3, -0.25) is 14.7 Å². The Morgan fingerprint density at radius 2 is 2.07 bits per heavy atom. The van der Waals surface area contributed by atoms with Crippen LogP contribution in [-0.2, 0) is 4.79 Å². The molecule has 7 heteroatoms. The van der Waals surface area contributed by atoms with Crippen molar-refractivity contribution in [1.82, 2.24) is 9.88 Å². The van der Waals surface area contributed by atoms with Gasteiger partial charge in [-0.05, 0) is 48.7 Å². The van der Waals surface area contributed by atoms with Gasteiger partial charge in [0.25, 0.3) is 0 Å². The summed E-state index contributed by atoms with van der Waals surface area (Å²) in [5.41, 5.74) is 2.00. The summed E-state index contributed by atoms with van der Waals surface area (Å²) >= 11 is 3.66. The molecule has 2 atom stereocenters. The van der Waals surface area contributed by atoms with E-state index in [1.54, 1.807) is 20.4 Å². The van der Waals surface area contributed by atoms with Crippen LogP contribution in [0, 0.1) is 5.92 Å². The van der Waals surface area contributed by atoms with Crippen molar-refractivity contribution in [3.05, 3.63) is 52.3 Å². The molecular weight excluding hydrogens is 412 g/mol. The number of rotatable bonds is 6. The molecule has 0 radical (unpaired) electrons. The molecule has 2 unspecified atom stereocenters. The van der Waals surface area contributed by atoms with Crippen molar-refractivity contribution in [3.8, 4) is 11.5 Å². The lowest BCUT2D eigenvalue weighted by Crippen LogP contribution is -2.41. The average molecular weight is 435 g/mol. The molecule has 0 aliphatic carbocycles. The first-order valence-corrected chi connectivity index (χ1v) is 9.62. The fraction of sp³-hybridized carbons (Fsp3) is 0.400. The van der Waals surface area contributed by atoms with Crippen LogP contribution in [0.1, 0.15) is 30.0 Å². The zero-order valence-corrected chi connectivity index (χ0v) is 17.0. The van der Waals surface area contributed by atoms with Crippen LogP contribution in [0.5, 0.6) is 11.5 Å². The lowest BCUT2D eigenvalue weighted by molar-refractivity contribution is -0.143. The molecule has 2 aromatic rings. The first kappa shape index (κ1) is 19.6. The quantitative estimate of drug-likeness (QED) is 0.746. The highest BCUT2D eigenvalue weighted by Gasteiger charge is 2.32. The fourth-order valence-corrected chi connectivity index (χ4v) is 4.19. The number of hydrogen-bond donors (Lipinski definition) is 1. The van der Waals surface area contributed by atoms with E-state index in [-0.39, 0.29) is 12.0 Å². The van der Waals surface area contributed by atoms with Gasteiger partial charge in [-0.2, -0.15) is 0 Å². The van der Waals surface area contributed by atoms with E-state index < -0.39 is 5.97 Å². The molecule has 1 aliphatic heterocycles. The Morgan fingerprint density at radius 3 is 2.70 bits per heavy atom. The second kappa shape index (κ2) is 8.71. The SMILES string of the molecule is COc1cc(Br)c(C(c2cccnc2)N2CCCC(C(=O)O)C2)cc1OC. The maximum atomic E-state index is 11.6. The molecule has 1 aromatic heterocycles. The van der Waals surface area contributed by atoms with Crippen molar-refractivity contribution in [1.29, 1.82) is 0 Å². The summed E-state index contributed by atoms with van der Waals surface area (Å²) in [7, 11) is 3.21. The Kier molecular flexibility index (Phi) is 6.34. The van der Waals surface area contributed by atoms with Crippen molar-refractivity contribution >= 4 is 21.9 Å². The first-order valence-electron chi connectivity index (χ1n) is 8.83. The van der Waals surface area contributed by atoms with Gasteiger partial charge < -0.3 is 14.6 Å². The summed E-state index contributed by atoms with van der Waals surface area (Å²) < 4.78 is 11.8. The Balaban J connectivity index is 2.07. The van der Waals surface area contributed by atoms with Crippen molar-refractivity contribution in [3.63, 3.8) is 0 Å². The topological polar surface area (TPSA) is 71.9 Å². The number of nitrogens with zero attached hydrogens (tertiary/aromatic N) is 2. The van der Waals surface area contributed by atoms with E-state index in [2.05, 4.69) is 25.8 Å². The van der Waals surface area contributed by atoms with Gasteiger partial charge >= 0.3 is 5.97 Å². The van der Waals surface area contributed by atoms with E-state index in [0.717, 1.165) is 28.6 Å². The molecular formula is C20H23BrN2O4. The van der Waals surface area contributed by atoms with Crippen LogP contribution in [0.3, 0.4) is 0 Å². The minimum atomic E-state index is -0.740. The van der Waals surface area contributed by atoms with E-state index in [0.29, 0.717) is 24.5 Å². The third-order valence-corrected chi connectivity index (χ3v) is 5.65. The molecule has 3 rings (SSSR count). The van der Waals surface area contributed by atoms with E-state index in [9.17, 15) is 9.90 Å². The largest absolute Gasteiger partial charge is 0.493 e. The molecule has 1 aromatic carbocycles. The molecule has 1 saturated heterocycles. The minimum Gasteiger partial charge on any atom is -0.493 e. The minimum absolute atomic E-state index is 0.130. The fourth-order valence-electron chi connectivity index (χ4n) is 3.65. The van der Waals surface area contributed by atoms with Gasteiger partial charge in [0.1, 0.15) is 0 Å². The Bertz CT molecular complexity index is 800. The maximum absolute atomic E-state index is 11.6. The highest BCUT2D eigenvalue weighted by atomic mass is 79.9. The molecule has 27 heavy (non-hydrogen) atoms. The van der Waals surface area contributed by atoms with Crippen LogP contribution in [0.4, 0.5) is 0 Å². The molecule has 0 bridgehead atoms. The average Bonchev–Trinajstić information content (AvgIpc) is 2.70. The summed E-state index contributed by atoms with van der Waals surface area (Å²) in [4.78, 5) is 18.0. The number of benzene rings is 1. The highest BCUT2D eigenvalue weighted by Crippen LogP contribution is 2.41. The second-order valence-corrected chi connectivity index (χ2v) is 7.44. The summed E-state index contributed by atoms with van der Waals surface area (Å²) in [5.74, 6) is 0.171. The first-order chi connectivity index (χ1) is 13.0. The lowest BCUT2D eigenvalue weighted by Gasteiger charge is -2.38. The van der Waals surface area contributed by atoms with Crippen LogP contribution in [-0.4, -0.2) is 48.3 Å². The lowest BCUT2D eigenvalue weighted by atomic mass is 9.92. The smallest absolute Gasteiger partial charge is 0.307 e. The Hall–Kier alpha value is -2.12. The summed E-state index contributed by atoms with van der Waals surface area (Å²) in [6.07, 6.45) is 5.12. The third-order valence-electron chi connectivity index (χ3n) is 4.96. The van der Waals surface area contributed by atoms with Gasteiger partial charge in [0.05, 0.1) is 26.2 Å². The zero-order valence-electron chi connectivity index (χ0n) is 15.4. The van der Waals surface area contributed by atoms with E-state index in [1.807, 2.05) is 30.5 Å². The molecule has 1 N–H and O–H groups in total. The van der Waals surface area contributed by atoms with Gasteiger partial charge in [0.2, 0.25) is 0 Å². The van der Waals surface area contributed by atoms with Gasteiger partial charge in [0, 0.05) is 23.4 Å². The van der Waals surface area contributed by atoms with Crippen molar-refractivity contribution in [2.24, 2.45) is 5.92 Å². The number of hydrogen-bond acceptors (Lipinski definition) is 5. The summed E-state index contributed by atoms with van der Waals surface area (Å²) in [6.45, 7) is 1.32. The second-order valence-electron chi connectivity index (χ2n) is 6.59. The van der Waals surface area contributed by atoms with Crippen molar-refractivity contribution in [2.75, 3.05) is 27.3 Å². The van der Waals surface area contributed by atoms with E-state index in [4.69, 9.17) is 9.47 Å². The third kappa shape index (κ3) is 4.25. The van der Waals surface area contributed by atoms with Crippen molar-refractivity contribution in [2.45, 2.75) is 18.9 Å². The normalized spacial score (nSPS) is 18.7. The number of halogens is 1. The number of carboxylic acid groups (broad SMARTS) is 1. The number of aliphatic carboxylic acids is 1. The molecule has 144 valence electrons. The van der Waals surface area contributed by atoms with Gasteiger partial charge in [-0.1, -0.05) is 22.0 Å². The Morgan fingerprint density at radius 1 is 1.33 bits per heavy atom. The van der Waals surface area contributed by atoms with E-state index in [1.165, 1.54) is 0 Å². The van der Waals surface area contributed by atoms with Crippen LogP contribution >= 0.6 is 15.9 Å². The molecule has 1 fully saturated rings. The highest BCUT2D eigenvalue weighted by molar-refractivity contribution is 9.10. The van der Waals surface area contributed by atoms with Gasteiger partial charge in [-0.25, -0.2) is 0 Å². The number of likely N-dealkylation sites (tertiary alicyclic amines) is 1. The predicted octanol–water partition coefficient (Wildman–Crippen LogP) is 3.75. The van der Waals surface area contributed by atoms with Crippen LogP contribution in [0.25, 0.3) is 0 Å². The Labute approximate surface area is 167 Å². The maximum Gasteiger partial charge on any atom is 0.307 e. The summed E-state index contributed by atoms with van der Waals surface area (Å²) in [5, 5.41) is 9.50. The number of carboxylic acids is 1. The number of pyridine rings is 1. The monoisotopic (exact) mass is 434 g/mol. The number of carbonyl (C=O) groups is 1. The zero-order chi connectivity index (χ0) is 19.4. The molecule has 0 amide bonds. The van der Waals surface area contributed by atoms with Crippen LogP contribution in [0.15, 0.2) is 41.1 Å². The number of methoxy groups -OCH3 is 2. The molecule has 0 saturated carbocycles. The molecule has 2 heterocycles. The molecule has 6 nitrogen and oxygen atoms in total. The van der Waals surface area contributed by atoms with E-state index >= 15 is 0 Å². The number of piperidine rings is 1. The number of aromatic nitrogens is 1. The number of ether oxygens (including phenoxy) is 2. The van der Waals surface area contributed by atoms with Gasteiger partial charge in [0.15, 0.2) is 11.5 Å². The standard InChI is InChI=1S/C20H23BrN2O4/c1-26-17-9-15(16(21)10-18(17)27-2)19(13-5-3-7-22-11-13)23-8-4-6-14(12-23)20(24)25/h3,5,7,9-11,14,19H,4,6,8,12H2,1-2H3,(H,24,25). The predicted molar refractivity (Wildman–Crippen MR) is 105 cm³/mol. The van der Waals surface area contributed by atoms with Crippen molar-refractivity contribution < 1.29 is 19.4 Å². The summed E-state index contributed by atoms with van der Waals surface area (Å²) in [6, 6.07) is 7.62. The molecule has 0 spiro atoms. The van der Waals surface area contributed by atoms with Crippen LogP contribution < -0.4 is 9.47 Å².